The third kappa shape index (κ3) is 4.62. The minimum Gasteiger partial charge on any atom is -0.374 e. The van der Waals surface area contributed by atoms with Gasteiger partial charge < -0.3 is 4.74 Å². The molecular weight excluding hydrogens is 445 g/mol. The average Bonchev–Trinajstić information content (AvgIpc) is 3.06. The summed E-state index contributed by atoms with van der Waals surface area (Å²) in [6.07, 6.45) is -0.0549. The smallest absolute Gasteiger partial charge is 0.333 e. The highest BCUT2D eigenvalue weighted by Gasteiger charge is 2.24. The third-order valence-electron chi connectivity index (χ3n) is 5.76. The van der Waals surface area contributed by atoms with Gasteiger partial charge in [0.15, 0.2) is 0 Å². The first-order chi connectivity index (χ1) is 15.2. The molecule has 0 bridgehead atoms. The fourth-order valence-electron chi connectivity index (χ4n) is 4.31. The molecule has 3 aromatic carbocycles. The number of fused-ring (bicyclic) bond motifs is 1. The zero-order valence-electron chi connectivity index (χ0n) is 17.6. The molecular formula is C25H25Cl2N3O2. The molecule has 0 N–H and O–H groups in total. The minimum atomic E-state index is -0.0766. The quantitative estimate of drug-likeness (QED) is 0.422. The Bertz CT molecular complexity index is 1240. The molecule has 0 radical (unpaired) electrons. The van der Waals surface area contributed by atoms with Gasteiger partial charge in [-0.3, -0.25) is 14.0 Å². The summed E-state index contributed by atoms with van der Waals surface area (Å²) in [6, 6.07) is 25.7. The molecule has 0 saturated carbocycles. The number of aromatic nitrogens is 2. The van der Waals surface area contributed by atoms with Crippen molar-refractivity contribution in [2.75, 3.05) is 19.7 Å². The van der Waals surface area contributed by atoms with Gasteiger partial charge in [-0.25, -0.2) is 4.79 Å². The zero-order valence-corrected chi connectivity index (χ0v) is 19.1. The molecule has 1 aliphatic heterocycles. The zero-order chi connectivity index (χ0) is 21.2. The van der Waals surface area contributed by atoms with Gasteiger partial charge in [-0.1, -0.05) is 60.1 Å². The molecule has 0 spiro atoms. The van der Waals surface area contributed by atoms with Crippen molar-refractivity contribution in [3.63, 3.8) is 0 Å². The molecule has 0 amide bonds. The van der Waals surface area contributed by atoms with Crippen LogP contribution in [0.3, 0.4) is 0 Å². The largest absolute Gasteiger partial charge is 0.374 e. The van der Waals surface area contributed by atoms with Crippen molar-refractivity contribution in [3.8, 4) is 5.69 Å². The lowest BCUT2D eigenvalue weighted by Gasteiger charge is -2.33. The summed E-state index contributed by atoms with van der Waals surface area (Å²) in [6.45, 7) is 3.73. The van der Waals surface area contributed by atoms with E-state index in [1.807, 2.05) is 59.2 Å². The summed E-state index contributed by atoms with van der Waals surface area (Å²) in [5, 5.41) is 0.609. The topological polar surface area (TPSA) is 39.4 Å². The lowest BCUT2D eigenvalue weighted by Crippen LogP contribution is -2.44. The maximum Gasteiger partial charge on any atom is 0.333 e. The second-order valence-corrected chi connectivity index (χ2v) is 8.35. The molecule has 166 valence electrons. The number of para-hydroxylation sites is 1. The normalized spacial score (nSPS) is 16.7. The van der Waals surface area contributed by atoms with Crippen LogP contribution in [0.15, 0.2) is 83.7 Å². The van der Waals surface area contributed by atoms with Gasteiger partial charge in [-0.15, -0.1) is 12.4 Å². The van der Waals surface area contributed by atoms with E-state index < -0.39 is 0 Å². The van der Waals surface area contributed by atoms with Crippen molar-refractivity contribution < 1.29 is 4.74 Å². The van der Waals surface area contributed by atoms with Gasteiger partial charge in [0.1, 0.15) is 0 Å². The second kappa shape index (κ2) is 9.92. The van der Waals surface area contributed by atoms with Crippen molar-refractivity contribution in [2.45, 2.75) is 19.2 Å². The van der Waals surface area contributed by atoms with Crippen LogP contribution in [0, 0.1) is 0 Å². The molecule has 1 unspecified atom stereocenters. The average molecular weight is 470 g/mol. The van der Waals surface area contributed by atoms with Crippen molar-refractivity contribution >= 4 is 35.0 Å². The first kappa shape index (κ1) is 22.6. The molecule has 2 heterocycles. The van der Waals surface area contributed by atoms with Crippen LogP contribution in [-0.2, 0) is 17.8 Å². The van der Waals surface area contributed by atoms with Gasteiger partial charge in [0, 0.05) is 24.7 Å². The van der Waals surface area contributed by atoms with Crippen LogP contribution in [0.4, 0.5) is 0 Å². The first-order valence-electron chi connectivity index (χ1n) is 10.5. The Balaban J connectivity index is 0.00000245. The van der Waals surface area contributed by atoms with E-state index in [2.05, 4.69) is 29.2 Å². The Morgan fingerprint density at radius 1 is 0.938 bits per heavy atom. The number of hydrogen-bond acceptors (Lipinski definition) is 3. The molecule has 4 aromatic rings. The molecule has 1 aromatic heterocycles. The van der Waals surface area contributed by atoms with Gasteiger partial charge >= 0.3 is 5.69 Å². The van der Waals surface area contributed by atoms with Gasteiger partial charge in [0.25, 0.3) is 0 Å². The van der Waals surface area contributed by atoms with Crippen LogP contribution in [0.2, 0.25) is 5.02 Å². The van der Waals surface area contributed by atoms with Crippen molar-refractivity contribution in [1.82, 2.24) is 14.0 Å². The summed E-state index contributed by atoms with van der Waals surface area (Å²) in [5.74, 6) is 0. The van der Waals surface area contributed by atoms with E-state index >= 15 is 0 Å². The van der Waals surface area contributed by atoms with E-state index in [0.29, 0.717) is 18.2 Å². The maximum atomic E-state index is 13.5. The number of ether oxygens (including phenoxy) is 1. The number of imidazole rings is 1. The molecule has 7 heteroatoms. The Hall–Kier alpha value is -2.57. The Morgan fingerprint density at radius 2 is 1.66 bits per heavy atom. The van der Waals surface area contributed by atoms with Gasteiger partial charge in [0.2, 0.25) is 0 Å². The maximum absolute atomic E-state index is 13.5. The predicted molar refractivity (Wildman–Crippen MR) is 131 cm³/mol. The highest BCUT2D eigenvalue weighted by Crippen LogP contribution is 2.23. The van der Waals surface area contributed by atoms with Crippen molar-refractivity contribution in [2.24, 2.45) is 0 Å². The monoisotopic (exact) mass is 469 g/mol. The molecule has 1 atom stereocenters. The van der Waals surface area contributed by atoms with Crippen molar-refractivity contribution in [3.05, 3.63) is 99.9 Å². The summed E-state index contributed by atoms with van der Waals surface area (Å²) in [4.78, 5) is 15.9. The third-order valence-corrected chi connectivity index (χ3v) is 6.00. The number of halogens is 2. The number of benzene rings is 3. The molecule has 5 rings (SSSR count). The van der Waals surface area contributed by atoms with E-state index in [-0.39, 0.29) is 24.2 Å². The van der Waals surface area contributed by atoms with Crippen LogP contribution in [0.1, 0.15) is 5.56 Å². The Labute approximate surface area is 198 Å². The highest BCUT2D eigenvalue weighted by molar-refractivity contribution is 6.31. The molecule has 32 heavy (non-hydrogen) atoms. The number of morpholine rings is 1. The predicted octanol–water partition coefficient (Wildman–Crippen LogP) is 4.77. The van der Waals surface area contributed by atoms with E-state index in [9.17, 15) is 4.79 Å². The molecule has 5 nitrogen and oxygen atoms in total. The molecule has 1 saturated heterocycles. The highest BCUT2D eigenvalue weighted by atomic mass is 35.5. The summed E-state index contributed by atoms with van der Waals surface area (Å²) in [7, 11) is 0. The van der Waals surface area contributed by atoms with E-state index in [0.717, 1.165) is 36.4 Å². The number of nitrogens with zero attached hydrogens (tertiary/aromatic N) is 3. The molecule has 0 aliphatic carbocycles. The van der Waals surface area contributed by atoms with E-state index in [1.54, 1.807) is 4.57 Å². The number of hydrogen-bond donors (Lipinski definition) is 0. The van der Waals surface area contributed by atoms with Crippen molar-refractivity contribution in [1.29, 1.82) is 0 Å². The fourth-order valence-corrected chi connectivity index (χ4v) is 4.48. The van der Waals surface area contributed by atoms with Crippen LogP contribution >= 0.6 is 24.0 Å². The van der Waals surface area contributed by atoms with Gasteiger partial charge in [-0.2, -0.15) is 0 Å². The van der Waals surface area contributed by atoms with Crippen LogP contribution in [0.5, 0.6) is 0 Å². The number of rotatable bonds is 5. The second-order valence-electron chi connectivity index (χ2n) is 7.91. The van der Waals surface area contributed by atoms with Crippen LogP contribution in [-0.4, -0.2) is 39.8 Å². The van der Waals surface area contributed by atoms with Crippen LogP contribution < -0.4 is 5.69 Å². The summed E-state index contributed by atoms with van der Waals surface area (Å²) < 4.78 is 9.60. The van der Waals surface area contributed by atoms with E-state index in [1.165, 1.54) is 5.56 Å². The van der Waals surface area contributed by atoms with E-state index in [4.69, 9.17) is 16.3 Å². The molecule has 1 aliphatic rings. The first-order valence-corrected chi connectivity index (χ1v) is 10.9. The Kier molecular flexibility index (Phi) is 7.01. The van der Waals surface area contributed by atoms with Gasteiger partial charge in [-0.05, 0) is 35.9 Å². The fraction of sp³-hybridized carbons (Fsp3) is 0.240. The van der Waals surface area contributed by atoms with Crippen LogP contribution in [0.25, 0.3) is 16.7 Å². The standard InChI is InChI=1S/C25H24ClN3O2.ClH/c26-20-11-12-23-24(15-20)29(21-9-5-2-6-10-21)25(30)28(23)18-22-17-27(13-14-31-22)16-19-7-3-1-4-8-19;/h1-12,15,22H,13-14,16-18H2;1H. The lowest BCUT2D eigenvalue weighted by atomic mass is 10.2. The lowest BCUT2D eigenvalue weighted by molar-refractivity contribution is -0.0387. The van der Waals surface area contributed by atoms with Gasteiger partial charge in [0.05, 0.1) is 36.0 Å². The summed E-state index contributed by atoms with van der Waals surface area (Å²) >= 11 is 6.27. The molecule has 1 fully saturated rings. The minimum absolute atomic E-state index is 0. The summed E-state index contributed by atoms with van der Waals surface area (Å²) in [5.41, 5.74) is 3.71. The Morgan fingerprint density at radius 3 is 2.41 bits per heavy atom. The SMILES string of the molecule is Cl.O=c1n(CC2CN(Cc3ccccc3)CCO2)c2ccc(Cl)cc2n1-c1ccccc1.